The van der Waals surface area contributed by atoms with E-state index in [1.54, 1.807) is 5.38 Å². The van der Waals surface area contributed by atoms with E-state index < -0.39 is 6.03 Å². The molecule has 1 rings (SSSR count). The van der Waals surface area contributed by atoms with Gasteiger partial charge in [-0.15, -0.1) is 11.3 Å². The lowest BCUT2D eigenvalue weighted by atomic mass is 10.7. The number of nitrogens with one attached hydrogen (secondary N) is 2. The Labute approximate surface area is 71.5 Å². The van der Waals surface area contributed by atoms with Gasteiger partial charge in [0.2, 0.25) is 0 Å². The topological polar surface area (TPSA) is 80.0 Å². The van der Waals surface area contributed by atoms with Crippen LogP contribution >= 0.6 is 22.9 Å². The lowest BCUT2D eigenvalue weighted by molar-refractivity contribution is 0.252. The Morgan fingerprint density at radius 1 is 1.82 bits per heavy atom. The van der Waals surface area contributed by atoms with Crippen molar-refractivity contribution in [1.82, 2.24) is 10.4 Å². The van der Waals surface area contributed by atoms with Crippen molar-refractivity contribution < 1.29 is 4.79 Å². The van der Waals surface area contributed by atoms with Gasteiger partial charge in [0.25, 0.3) is 0 Å². The molecule has 2 amide bonds. The fourth-order valence-corrected chi connectivity index (χ4v) is 1.16. The Morgan fingerprint density at radius 3 is 3.00 bits per heavy atom. The van der Waals surface area contributed by atoms with Crippen LogP contribution in [-0.2, 0) is 0 Å². The second-order valence-corrected chi connectivity index (χ2v) is 3.02. The fourth-order valence-electron chi connectivity index (χ4n) is 0.462. The number of urea groups is 1. The summed E-state index contributed by atoms with van der Waals surface area (Å²) in [5, 5.41) is 3.96. The molecule has 0 saturated carbocycles. The number of amides is 2. The van der Waals surface area contributed by atoms with Crippen LogP contribution in [-0.4, -0.2) is 11.0 Å². The number of nitrogens with two attached hydrogens (primary N) is 1. The average molecular weight is 193 g/mol. The fraction of sp³-hybridized carbons (Fsp3) is 0. The molecule has 0 aliphatic carbocycles. The second kappa shape index (κ2) is 3.51. The predicted octanol–water partition coefficient (Wildman–Crippen LogP) is 0.792. The standard InChI is InChI=1S/C4H5ClN4OS/c5-3-7-2(1-11-3)8-4(10)9-6/h1H,6H2,(H2,8,9,10). The number of hydrogen-bond acceptors (Lipinski definition) is 4. The van der Waals surface area contributed by atoms with Crippen LogP contribution in [0.4, 0.5) is 10.6 Å². The maximum Gasteiger partial charge on any atom is 0.334 e. The van der Waals surface area contributed by atoms with E-state index in [-0.39, 0.29) is 0 Å². The summed E-state index contributed by atoms with van der Waals surface area (Å²) in [6.07, 6.45) is 0. The molecule has 0 bridgehead atoms. The van der Waals surface area contributed by atoms with Gasteiger partial charge in [-0.1, -0.05) is 11.6 Å². The molecule has 0 unspecified atom stereocenters. The van der Waals surface area contributed by atoms with Crippen LogP contribution in [0.5, 0.6) is 0 Å². The van der Waals surface area contributed by atoms with Crippen LogP contribution in [0.1, 0.15) is 0 Å². The SMILES string of the molecule is NNC(=O)Nc1csc(Cl)n1. The number of anilines is 1. The quantitative estimate of drug-likeness (QED) is 0.350. The Kier molecular flexibility index (Phi) is 2.64. The minimum Gasteiger partial charge on any atom is -0.291 e. The highest BCUT2D eigenvalue weighted by atomic mass is 35.5. The predicted molar refractivity (Wildman–Crippen MR) is 43.5 cm³/mol. The summed E-state index contributed by atoms with van der Waals surface area (Å²) in [5.74, 6) is 5.20. The first kappa shape index (κ1) is 8.25. The maximum atomic E-state index is 10.6. The lowest BCUT2D eigenvalue weighted by Crippen LogP contribution is -2.34. The van der Waals surface area contributed by atoms with E-state index in [1.807, 2.05) is 5.43 Å². The van der Waals surface area contributed by atoms with Crippen molar-refractivity contribution in [3.05, 3.63) is 9.85 Å². The molecule has 1 aromatic heterocycles. The van der Waals surface area contributed by atoms with Crippen LogP contribution in [0.3, 0.4) is 0 Å². The molecule has 60 valence electrons. The molecular formula is C4H5ClN4OS. The van der Waals surface area contributed by atoms with Crippen molar-refractivity contribution in [3.63, 3.8) is 0 Å². The Bertz CT molecular complexity index is 262. The number of halogens is 1. The molecule has 0 atom stereocenters. The van der Waals surface area contributed by atoms with Crippen molar-refractivity contribution in [3.8, 4) is 0 Å². The summed E-state index contributed by atoms with van der Waals surface area (Å²) < 4.78 is 0.373. The van der Waals surface area contributed by atoms with E-state index in [4.69, 9.17) is 17.4 Å². The lowest BCUT2D eigenvalue weighted by Gasteiger charge is -1.97. The Balaban J connectivity index is 2.57. The number of hydrazine groups is 1. The van der Waals surface area contributed by atoms with Gasteiger partial charge in [-0.2, -0.15) is 0 Å². The van der Waals surface area contributed by atoms with Crippen molar-refractivity contribution in [2.45, 2.75) is 0 Å². The number of carbonyl (C=O) groups excluding carboxylic acids is 1. The van der Waals surface area contributed by atoms with E-state index >= 15 is 0 Å². The molecule has 7 heteroatoms. The van der Waals surface area contributed by atoms with Gasteiger partial charge in [0.05, 0.1) is 0 Å². The number of carbonyl (C=O) groups is 1. The first-order valence-corrected chi connectivity index (χ1v) is 3.87. The van der Waals surface area contributed by atoms with Crippen molar-refractivity contribution >= 4 is 34.8 Å². The monoisotopic (exact) mass is 192 g/mol. The minimum absolute atomic E-state index is 0.373. The van der Waals surface area contributed by atoms with Crippen molar-refractivity contribution in [2.75, 3.05) is 5.32 Å². The van der Waals surface area contributed by atoms with Gasteiger partial charge in [0.15, 0.2) is 4.47 Å². The van der Waals surface area contributed by atoms with Gasteiger partial charge >= 0.3 is 6.03 Å². The van der Waals surface area contributed by atoms with E-state index in [0.29, 0.717) is 10.3 Å². The maximum absolute atomic E-state index is 10.6. The molecule has 0 aliphatic heterocycles. The third-order valence-electron chi connectivity index (χ3n) is 0.849. The van der Waals surface area contributed by atoms with Crippen molar-refractivity contribution in [1.29, 1.82) is 0 Å². The summed E-state index contributed by atoms with van der Waals surface area (Å²) in [6.45, 7) is 0. The van der Waals surface area contributed by atoms with Crippen LogP contribution in [0.15, 0.2) is 5.38 Å². The molecule has 11 heavy (non-hydrogen) atoms. The first-order chi connectivity index (χ1) is 5.22. The van der Waals surface area contributed by atoms with Crippen LogP contribution in [0.25, 0.3) is 0 Å². The first-order valence-electron chi connectivity index (χ1n) is 2.61. The van der Waals surface area contributed by atoms with Gasteiger partial charge in [0.1, 0.15) is 5.82 Å². The zero-order chi connectivity index (χ0) is 8.27. The molecule has 1 aromatic rings. The van der Waals surface area contributed by atoms with E-state index in [1.165, 1.54) is 11.3 Å². The largest absolute Gasteiger partial charge is 0.334 e. The third kappa shape index (κ3) is 2.34. The molecule has 4 N–H and O–H groups in total. The Morgan fingerprint density at radius 2 is 2.55 bits per heavy atom. The highest BCUT2D eigenvalue weighted by Crippen LogP contribution is 2.18. The molecule has 0 aromatic carbocycles. The number of hydrogen-bond donors (Lipinski definition) is 3. The van der Waals surface area contributed by atoms with Crippen molar-refractivity contribution in [2.24, 2.45) is 5.84 Å². The van der Waals surface area contributed by atoms with Gasteiger partial charge in [-0.05, 0) is 0 Å². The highest BCUT2D eigenvalue weighted by molar-refractivity contribution is 7.14. The smallest absolute Gasteiger partial charge is 0.291 e. The molecule has 0 saturated heterocycles. The summed E-state index contributed by atoms with van der Waals surface area (Å²) in [5.41, 5.74) is 1.89. The van der Waals surface area contributed by atoms with Crippen LogP contribution < -0.4 is 16.6 Å². The molecular weight excluding hydrogens is 188 g/mol. The zero-order valence-corrected chi connectivity index (χ0v) is 6.87. The van der Waals surface area contributed by atoms with Gasteiger partial charge in [-0.25, -0.2) is 15.6 Å². The average Bonchev–Trinajstić information content (AvgIpc) is 2.35. The molecule has 0 aliphatic rings. The summed E-state index contributed by atoms with van der Waals surface area (Å²) >= 11 is 6.72. The van der Waals surface area contributed by atoms with Crippen LogP contribution in [0, 0.1) is 0 Å². The molecule has 0 spiro atoms. The summed E-state index contributed by atoms with van der Waals surface area (Å²) in [4.78, 5) is 14.3. The number of rotatable bonds is 1. The van der Waals surface area contributed by atoms with Crippen LogP contribution in [0.2, 0.25) is 4.47 Å². The summed E-state index contributed by atoms with van der Waals surface area (Å²) in [6, 6.07) is -0.521. The number of thiazole rings is 1. The Hall–Kier alpha value is -0.850. The van der Waals surface area contributed by atoms with Gasteiger partial charge in [0, 0.05) is 5.38 Å². The summed E-state index contributed by atoms with van der Waals surface area (Å²) in [7, 11) is 0. The molecule has 5 nitrogen and oxygen atoms in total. The van der Waals surface area contributed by atoms with E-state index in [0.717, 1.165) is 0 Å². The normalized spacial score (nSPS) is 9.27. The molecule has 0 fully saturated rings. The zero-order valence-electron chi connectivity index (χ0n) is 5.30. The van der Waals surface area contributed by atoms with E-state index in [9.17, 15) is 4.79 Å². The number of aromatic nitrogens is 1. The van der Waals surface area contributed by atoms with Gasteiger partial charge < -0.3 is 0 Å². The second-order valence-electron chi connectivity index (χ2n) is 1.58. The van der Waals surface area contributed by atoms with Gasteiger partial charge in [-0.3, -0.25) is 10.7 Å². The third-order valence-corrected chi connectivity index (χ3v) is 1.83. The highest BCUT2D eigenvalue weighted by Gasteiger charge is 2.01. The number of nitrogens with zero attached hydrogens (tertiary/aromatic N) is 1. The molecule has 1 heterocycles. The minimum atomic E-state index is -0.521. The molecule has 0 radical (unpaired) electrons. The van der Waals surface area contributed by atoms with E-state index in [2.05, 4.69) is 10.3 Å².